The van der Waals surface area contributed by atoms with Gasteiger partial charge in [0.1, 0.15) is 0 Å². The van der Waals surface area contributed by atoms with Gasteiger partial charge in [-0.2, -0.15) is 0 Å². The minimum atomic E-state index is -1.60. The smallest absolute Gasteiger partial charge is 0.153 e. The lowest BCUT2D eigenvalue weighted by molar-refractivity contribution is 0.311. The quantitative estimate of drug-likeness (QED) is 0.682. The summed E-state index contributed by atoms with van der Waals surface area (Å²) in [6.07, 6.45) is 4.53. The van der Waals surface area contributed by atoms with Gasteiger partial charge in [-0.1, -0.05) is 6.92 Å². The standard InChI is InChI=1S/C9H19NO2S/c1-2-10-9-5-3-8(4-6-9)7-13(11)12/h8-10H,2-7H2,1H3,(H,11,12). The fraction of sp³-hybridized carbons (Fsp3) is 1.00. The lowest BCUT2D eigenvalue weighted by Crippen LogP contribution is -2.33. The van der Waals surface area contributed by atoms with Crippen molar-refractivity contribution in [2.45, 2.75) is 38.6 Å². The summed E-state index contributed by atoms with van der Waals surface area (Å²) in [5.41, 5.74) is 0. The Kier molecular flexibility index (Phi) is 4.91. The van der Waals surface area contributed by atoms with Gasteiger partial charge >= 0.3 is 0 Å². The first-order valence-electron chi connectivity index (χ1n) is 5.03. The van der Waals surface area contributed by atoms with Gasteiger partial charge in [-0.3, -0.25) is 0 Å². The summed E-state index contributed by atoms with van der Waals surface area (Å²) in [5.74, 6) is 0.944. The van der Waals surface area contributed by atoms with Crippen molar-refractivity contribution < 1.29 is 8.76 Å². The second-order valence-electron chi connectivity index (χ2n) is 3.76. The molecule has 1 fully saturated rings. The monoisotopic (exact) mass is 205 g/mol. The molecule has 0 aromatic rings. The zero-order valence-electron chi connectivity index (χ0n) is 8.16. The maximum Gasteiger partial charge on any atom is 0.153 e. The molecule has 1 aliphatic rings. The lowest BCUT2D eigenvalue weighted by Gasteiger charge is -2.28. The third-order valence-corrected chi connectivity index (χ3v) is 3.47. The van der Waals surface area contributed by atoms with Gasteiger partial charge in [0.25, 0.3) is 0 Å². The van der Waals surface area contributed by atoms with Gasteiger partial charge in [-0.05, 0) is 38.1 Å². The lowest BCUT2D eigenvalue weighted by atomic mass is 9.87. The molecular weight excluding hydrogens is 186 g/mol. The molecule has 3 nitrogen and oxygen atoms in total. The molecule has 0 aromatic heterocycles. The summed E-state index contributed by atoms with van der Waals surface area (Å²) < 4.78 is 19.3. The summed E-state index contributed by atoms with van der Waals surface area (Å²) in [5, 5.41) is 3.42. The third-order valence-electron chi connectivity index (χ3n) is 2.72. The zero-order valence-corrected chi connectivity index (χ0v) is 8.98. The van der Waals surface area contributed by atoms with Crippen molar-refractivity contribution in [1.82, 2.24) is 5.32 Å². The van der Waals surface area contributed by atoms with Crippen LogP contribution in [0.5, 0.6) is 0 Å². The SMILES string of the molecule is CCNC1CCC(CS(=O)O)CC1. The topological polar surface area (TPSA) is 49.3 Å². The van der Waals surface area contributed by atoms with E-state index in [9.17, 15) is 4.21 Å². The molecule has 0 radical (unpaired) electrons. The molecule has 0 aliphatic heterocycles. The van der Waals surface area contributed by atoms with Gasteiger partial charge in [0.2, 0.25) is 0 Å². The van der Waals surface area contributed by atoms with Gasteiger partial charge in [0, 0.05) is 6.04 Å². The maximum absolute atomic E-state index is 10.6. The predicted octanol–water partition coefficient (Wildman–Crippen LogP) is 1.38. The maximum atomic E-state index is 10.6. The van der Waals surface area contributed by atoms with E-state index in [1.54, 1.807) is 0 Å². The van der Waals surface area contributed by atoms with E-state index in [-0.39, 0.29) is 0 Å². The van der Waals surface area contributed by atoms with Crippen LogP contribution in [0, 0.1) is 5.92 Å². The molecule has 2 N–H and O–H groups in total. The zero-order chi connectivity index (χ0) is 9.68. The Hall–Kier alpha value is 0.0700. The highest BCUT2D eigenvalue weighted by Gasteiger charge is 2.21. The minimum absolute atomic E-state index is 0.471. The number of nitrogens with one attached hydrogen (secondary N) is 1. The van der Waals surface area contributed by atoms with Crippen LogP contribution in [0.1, 0.15) is 32.6 Å². The molecular formula is C9H19NO2S. The van der Waals surface area contributed by atoms with Crippen LogP contribution in [0.15, 0.2) is 0 Å². The first kappa shape index (κ1) is 11.1. The van der Waals surface area contributed by atoms with E-state index in [2.05, 4.69) is 12.2 Å². The molecule has 78 valence electrons. The highest BCUT2D eigenvalue weighted by molar-refractivity contribution is 7.79. The molecule has 0 bridgehead atoms. The fourth-order valence-corrected chi connectivity index (χ4v) is 2.76. The van der Waals surface area contributed by atoms with Crippen LogP contribution >= 0.6 is 0 Å². The molecule has 1 aliphatic carbocycles. The van der Waals surface area contributed by atoms with Gasteiger partial charge in [0.05, 0.1) is 5.75 Å². The number of rotatable bonds is 4. The van der Waals surface area contributed by atoms with Crippen LogP contribution in [0.25, 0.3) is 0 Å². The molecule has 1 unspecified atom stereocenters. The second kappa shape index (κ2) is 5.73. The van der Waals surface area contributed by atoms with Crippen LogP contribution in [0.3, 0.4) is 0 Å². The van der Waals surface area contributed by atoms with Gasteiger partial charge < -0.3 is 9.87 Å². The molecule has 4 heteroatoms. The molecule has 1 saturated carbocycles. The van der Waals surface area contributed by atoms with Crippen molar-refractivity contribution in [3.05, 3.63) is 0 Å². The predicted molar refractivity (Wildman–Crippen MR) is 55.1 cm³/mol. The Balaban J connectivity index is 2.18. The van der Waals surface area contributed by atoms with Crippen molar-refractivity contribution in [3.63, 3.8) is 0 Å². The van der Waals surface area contributed by atoms with Gasteiger partial charge in [-0.25, -0.2) is 4.21 Å². The summed E-state index contributed by atoms with van der Waals surface area (Å²) in [4.78, 5) is 0. The molecule has 0 spiro atoms. The van der Waals surface area contributed by atoms with Crippen molar-refractivity contribution in [2.24, 2.45) is 5.92 Å². The highest BCUT2D eigenvalue weighted by atomic mass is 32.2. The van der Waals surface area contributed by atoms with Crippen molar-refractivity contribution >= 4 is 11.1 Å². The number of hydrogen-bond donors (Lipinski definition) is 2. The molecule has 13 heavy (non-hydrogen) atoms. The Bertz CT molecular complexity index is 167. The van der Waals surface area contributed by atoms with Crippen molar-refractivity contribution in [2.75, 3.05) is 12.3 Å². The van der Waals surface area contributed by atoms with E-state index in [0.29, 0.717) is 17.7 Å². The first-order valence-corrected chi connectivity index (χ1v) is 6.30. The average Bonchev–Trinajstić information content (AvgIpc) is 2.08. The summed E-state index contributed by atoms with van der Waals surface area (Å²) in [6, 6.07) is 0.647. The van der Waals surface area contributed by atoms with E-state index >= 15 is 0 Å². The Morgan fingerprint density at radius 2 is 2.00 bits per heavy atom. The van der Waals surface area contributed by atoms with E-state index in [0.717, 1.165) is 32.2 Å². The number of hydrogen-bond acceptors (Lipinski definition) is 2. The van der Waals surface area contributed by atoms with E-state index < -0.39 is 11.1 Å². The summed E-state index contributed by atoms with van der Waals surface area (Å²) in [7, 11) is 0. The molecule has 0 heterocycles. The first-order chi connectivity index (χ1) is 6.22. The molecule has 1 atom stereocenters. The molecule has 0 amide bonds. The molecule has 0 saturated heterocycles. The minimum Gasteiger partial charge on any atom is -0.314 e. The van der Waals surface area contributed by atoms with Crippen LogP contribution < -0.4 is 5.32 Å². The van der Waals surface area contributed by atoms with Crippen LogP contribution in [-0.2, 0) is 11.1 Å². The van der Waals surface area contributed by atoms with Crippen LogP contribution in [-0.4, -0.2) is 27.1 Å². The average molecular weight is 205 g/mol. The van der Waals surface area contributed by atoms with Crippen LogP contribution in [0.2, 0.25) is 0 Å². The highest BCUT2D eigenvalue weighted by Crippen LogP contribution is 2.24. The molecule has 1 rings (SSSR count). The normalized spacial score (nSPS) is 31.5. The summed E-state index contributed by atoms with van der Waals surface area (Å²) >= 11 is -1.60. The van der Waals surface area contributed by atoms with Crippen LogP contribution in [0.4, 0.5) is 0 Å². The second-order valence-corrected chi connectivity index (χ2v) is 4.74. The van der Waals surface area contributed by atoms with Gasteiger partial charge in [0.15, 0.2) is 11.1 Å². The Morgan fingerprint density at radius 1 is 1.38 bits per heavy atom. The van der Waals surface area contributed by atoms with Gasteiger partial charge in [-0.15, -0.1) is 0 Å². The summed E-state index contributed by atoms with van der Waals surface area (Å²) in [6.45, 7) is 3.15. The van der Waals surface area contributed by atoms with Crippen molar-refractivity contribution in [3.8, 4) is 0 Å². The Labute approximate surface area is 82.6 Å². The van der Waals surface area contributed by atoms with E-state index in [1.165, 1.54) is 0 Å². The molecule has 0 aromatic carbocycles. The third kappa shape index (κ3) is 4.20. The fourth-order valence-electron chi connectivity index (χ4n) is 2.02. The van der Waals surface area contributed by atoms with E-state index in [1.807, 2.05) is 0 Å². The van der Waals surface area contributed by atoms with Crippen molar-refractivity contribution in [1.29, 1.82) is 0 Å². The Morgan fingerprint density at radius 3 is 2.46 bits per heavy atom. The van der Waals surface area contributed by atoms with E-state index in [4.69, 9.17) is 4.55 Å². The largest absolute Gasteiger partial charge is 0.314 e.